The van der Waals surface area contributed by atoms with Gasteiger partial charge in [-0.15, -0.1) is 0 Å². The van der Waals surface area contributed by atoms with E-state index in [4.69, 9.17) is 4.74 Å². The Balaban J connectivity index is 2.02. The van der Waals surface area contributed by atoms with Crippen LogP contribution in [0.5, 0.6) is 11.5 Å². The monoisotopic (exact) mass is 249 g/mol. The highest BCUT2D eigenvalue weighted by molar-refractivity contribution is 5.45. The van der Waals surface area contributed by atoms with Gasteiger partial charge in [-0.3, -0.25) is 4.90 Å². The molecule has 1 aromatic rings. The van der Waals surface area contributed by atoms with Crippen molar-refractivity contribution in [2.45, 2.75) is 26.8 Å². The Bertz CT molecular complexity index is 403. The van der Waals surface area contributed by atoms with Gasteiger partial charge in [0.2, 0.25) is 0 Å². The van der Waals surface area contributed by atoms with Gasteiger partial charge in [0, 0.05) is 18.7 Å². The molecule has 1 aromatic carbocycles. The Kier molecular flexibility index (Phi) is 4.12. The molecule has 18 heavy (non-hydrogen) atoms. The number of methoxy groups -OCH3 is 1. The maximum atomic E-state index is 10.1. The third-order valence-corrected chi connectivity index (χ3v) is 3.95. The largest absolute Gasteiger partial charge is 0.504 e. The van der Waals surface area contributed by atoms with Gasteiger partial charge < -0.3 is 9.84 Å². The number of benzene rings is 1. The Morgan fingerprint density at radius 2 is 2.22 bits per heavy atom. The number of para-hydroxylation sites is 1. The van der Waals surface area contributed by atoms with Crippen molar-refractivity contribution in [3.8, 4) is 11.5 Å². The van der Waals surface area contributed by atoms with Crippen molar-refractivity contribution < 1.29 is 9.84 Å². The van der Waals surface area contributed by atoms with E-state index >= 15 is 0 Å². The molecule has 1 aliphatic rings. The third-order valence-electron chi connectivity index (χ3n) is 3.95. The van der Waals surface area contributed by atoms with Crippen molar-refractivity contribution in [1.82, 2.24) is 4.90 Å². The number of hydrogen-bond donors (Lipinski definition) is 1. The average molecular weight is 249 g/mol. The van der Waals surface area contributed by atoms with Crippen molar-refractivity contribution in [1.29, 1.82) is 0 Å². The summed E-state index contributed by atoms with van der Waals surface area (Å²) < 4.78 is 5.14. The van der Waals surface area contributed by atoms with Crippen LogP contribution in [-0.2, 0) is 6.54 Å². The van der Waals surface area contributed by atoms with Crippen LogP contribution in [-0.4, -0.2) is 30.2 Å². The molecule has 0 aromatic heterocycles. The maximum absolute atomic E-state index is 10.1. The molecule has 1 aliphatic heterocycles. The highest BCUT2D eigenvalue weighted by Gasteiger charge is 2.25. The molecular formula is C15H23NO2. The van der Waals surface area contributed by atoms with Crippen LogP contribution < -0.4 is 4.74 Å². The van der Waals surface area contributed by atoms with E-state index in [1.807, 2.05) is 12.1 Å². The lowest BCUT2D eigenvalue weighted by Gasteiger charge is -2.19. The molecule has 1 atom stereocenters. The van der Waals surface area contributed by atoms with Gasteiger partial charge in [0.1, 0.15) is 0 Å². The van der Waals surface area contributed by atoms with Crippen LogP contribution in [0.1, 0.15) is 25.8 Å². The molecule has 0 spiro atoms. The summed E-state index contributed by atoms with van der Waals surface area (Å²) in [5.74, 6) is 2.38. The lowest BCUT2D eigenvalue weighted by atomic mass is 9.95. The minimum atomic E-state index is 0.285. The SMILES string of the molecule is COc1cccc(CN2CCC(C(C)C)C2)c1O. The summed E-state index contributed by atoms with van der Waals surface area (Å²) in [6.45, 7) is 7.65. The van der Waals surface area contributed by atoms with Crippen LogP contribution in [0.15, 0.2) is 18.2 Å². The van der Waals surface area contributed by atoms with Crippen molar-refractivity contribution in [3.05, 3.63) is 23.8 Å². The van der Waals surface area contributed by atoms with Crippen LogP contribution in [0.25, 0.3) is 0 Å². The van der Waals surface area contributed by atoms with E-state index < -0.39 is 0 Å². The molecule has 3 heteroatoms. The fourth-order valence-corrected chi connectivity index (χ4v) is 2.65. The number of ether oxygens (including phenoxy) is 1. The van der Waals surface area contributed by atoms with Gasteiger partial charge in [-0.05, 0) is 30.9 Å². The first-order valence-electron chi connectivity index (χ1n) is 6.69. The van der Waals surface area contributed by atoms with Crippen LogP contribution in [0.3, 0.4) is 0 Å². The number of likely N-dealkylation sites (tertiary alicyclic amines) is 1. The highest BCUT2D eigenvalue weighted by Crippen LogP contribution is 2.32. The Morgan fingerprint density at radius 3 is 2.83 bits per heavy atom. The average Bonchev–Trinajstić information content (AvgIpc) is 2.80. The summed E-state index contributed by atoms with van der Waals surface area (Å²) in [4.78, 5) is 2.42. The molecule has 1 saturated heterocycles. The van der Waals surface area contributed by atoms with Gasteiger partial charge in [-0.2, -0.15) is 0 Å². The first kappa shape index (κ1) is 13.2. The second kappa shape index (κ2) is 5.61. The molecule has 1 unspecified atom stereocenters. The van der Waals surface area contributed by atoms with E-state index in [2.05, 4.69) is 18.7 Å². The van der Waals surface area contributed by atoms with E-state index in [1.54, 1.807) is 13.2 Å². The molecule has 1 fully saturated rings. The molecule has 0 bridgehead atoms. The predicted octanol–water partition coefficient (Wildman–Crippen LogP) is 2.88. The number of rotatable bonds is 4. The standard InChI is InChI=1S/C15H23NO2/c1-11(2)12-7-8-16(9-12)10-13-5-4-6-14(18-3)15(13)17/h4-6,11-12,17H,7-10H2,1-3H3. The van der Waals surface area contributed by atoms with Crippen LogP contribution >= 0.6 is 0 Å². The van der Waals surface area contributed by atoms with Gasteiger partial charge in [0.15, 0.2) is 11.5 Å². The van der Waals surface area contributed by atoms with Crippen LogP contribution in [0.4, 0.5) is 0 Å². The van der Waals surface area contributed by atoms with Crippen LogP contribution in [0, 0.1) is 11.8 Å². The van der Waals surface area contributed by atoms with Gasteiger partial charge >= 0.3 is 0 Å². The molecular weight excluding hydrogens is 226 g/mol. The number of hydrogen-bond acceptors (Lipinski definition) is 3. The van der Waals surface area contributed by atoms with Gasteiger partial charge in [-0.1, -0.05) is 26.0 Å². The van der Waals surface area contributed by atoms with E-state index in [9.17, 15) is 5.11 Å². The van der Waals surface area contributed by atoms with Crippen molar-refractivity contribution in [2.75, 3.05) is 20.2 Å². The normalized spacial score (nSPS) is 20.6. The number of phenolic OH excluding ortho intramolecular Hbond substituents is 1. The van der Waals surface area contributed by atoms with Gasteiger partial charge in [0.25, 0.3) is 0 Å². The van der Waals surface area contributed by atoms with E-state index in [1.165, 1.54) is 6.42 Å². The lowest BCUT2D eigenvalue weighted by molar-refractivity contribution is 0.290. The van der Waals surface area contributed by atoms with Crippen molar-refractivity contribution in [2.24, 2.45) is 11.8 Å². The molecule has 0 saturated carbocycles. The smallest absolute Gasteiger partial charge is 0.162 e. The lowest BCUT2D eigenvalue weighted by Crippen LogP contribution is -2.21. The van der Waals surface area contributed by atoms with Gasteiger partial charge in [0.05, 0.1) is 7.11 Å². The second-order valence-corrected chi connectivity index (χ2v) is 5.50. The zero-order valence-electron chi connectivity index (χ0n) is 11.5. The molecule has 100 valence electrons. The molecule has 1 N–H and O–H groups in total. The quantitative estimate of drug-likeness (QED) is 0.890. The summed E-state index contributed by atoms with van der Waals surface area (Å²) in [6, 6.07) is 5.70. The summed E-state index contributed by atoms with van der Waals surface area (Å²) in [5, 5.41) is 10.1. The molecule has 2 rings (SSSR count). The van der Waals surface area contributed by atoms with E-state index in [-0.39, 0.29) is 5.75 Å². The second-order valence-electron chi connectivity index (χ2n) is 5.50. The summed E-state index contributed by atoms with van der Waals surface area (Å²) in [5.41, 5.74) is 0.957. The topological polar surface area (TPSA) is 32.7 Å². The van der Waals surface area contributed by atoms with Crippen molar-refractivity contribution in [3.63, 3.8) is 0 Å². The predicted molar refractivity (Wildman–Crippen MR) is 72.9 cm³/mol. The van der Waals surface area contributed by atoms with E-state index in [0.29, 0.717) is 5.75 Å². The molecule has 3 nitrogen and oxygen atoms in total. The summed E-state index contributed by atoms with van der Waals surface area (Å²) in [6.07, 6.45) is 1.27. The first-order valence-corrected chi connectivity index (χ1v) is 6.69. The number of aromatic hydroxyl groups is 1. The highest BCUT2D eigenvalue weighted by atomic mass is 16.5. The fraction of sp³-hybridized carbons (Fsp3) is 0.600. The minimum absolute atomic E-state index is 0.285. The molecule has 0 radical (unpaired) electrons. The van der Waals surface area contributed by atoms with E-state index in [0.717, 1.165) is 37.0 Å². The molecule has 0 amide bonds. The van der Waals surface area contributed by atoms with Crippen LogP contribution in [0.2, 0.25) is 0 Å². The summed E-state index contributed by atoms with van der Waals surface area (Å²) in [7, 11) is 1.59. The molecule has 1 heterocycles. The summed E-state index contributed by atoms with van der Waals surface area (Å²) >= 11 is 0. The zero-order valence-corrected chi connectivity index (χ0v) is 11.5. The first-order chi connectivity index (χ1) is 8.61. The maximum Gasteiger partial charge on any atom is 0.162 e. The third kappa shape index (κ3) is 2.78. The Morgan fingerprint density at radius 1 is 1.44 bits per heavy atom. The van der Waals surface area contributed by atoms with Gasteiger partial charge in [-0.25, -0.2) is 0 Å². The van der Waals surface area contributed by atoms with Crippen molar-refractivity contribution >= 4 is 0 Å². The Hall–Kier alpha value is -1.22. The Labute approximate surface area is 109 Å². The zero-order chi connectivity index (χ0) is 13.1. The minimum Gasteiger partial charge on any atom is -0.504 e. The molecule has 0 aliphatic carbocycles. The fourth-order valence-electron chi connectivity index (χ4n) is 2.65. The number of nitrogens with zero attached hydrogens (tertiary/aromatic N) is 1. The number of phenols is 1.